The molecule has 32 heavy (non-hydrogen) atoms. The number of nitrogens with one attached hydrogen (secondary N) is 1. The van der Waals surface area contributed by atoms with Crippen LogP contribution in [0.2, 0.25) is 0 Å². The quantitative estimate of drug-likeness (QED) is 0.500. The van der Waals surface area contributed by atoms with Crippen molar-refractivity contribution in [2.24, 2.45) is 11.7 Å². The van der Waals surface area contributed by atoms with Crippen molar-refractivity contribution in [3.63, 3.8) is 0 Å². The first-order valence-electron chi connectivity index (χ1n) is 11.5. The molecule has 1 saturated heterocycles. The number of ether oxygens (including phenoxy) is 1. The summed E-state index contributed by atoms with van der Waals surface area (Å²) in [6.07, 6.45) is 1.22. The van der Waals surface area contributed by atoms with Gasteiger partial charge in [0.05, 0.1) is 6.10 Å². The Morgan fingerprint density at radius 1 is 1.09 bits per heavy atom. The van der Waals surface area contributed by atoms with Gasteiger partial charge in [-0.15, -0.1) is 0 Å². The maximum atomic E-state index is 12.8. The lowest BCUT2D eigenvalue weighted by Gasteiger charge is -2.27. The second-order valence-electron chi connectivity index (χ2n) is 9.00. The van der Waals surface area contributed by atoms with Gasteiger partial charge in [-0.3, -0.25) is 0 Å². The summed E-state index contributed by atoms with van der Waals surface area (Å²) < 4.78 is 5.81. The highest BCUT2D eigenvalue weighted by Crippen LogP contribution is 2.34. The summed E-state index contributed by atoms with van der Waals surface area (Å²) in [7, 11) is 0. The van der Waals surface area contributed by atoms with E-state index >= 15 is 0 Å². The molecule has 1 aliphatic rings. The standard InChI is InChI=1S/C26H36N2O3S/c1-18(2)25-24(13-14-32-25)31-26(30)28-21(15-19-9-5-3-6-10-19)17-23(29)22(27)16-20-11-7-4-8-12-20/h3-12,18,21-25,29H,13-17,27H2,1-2H3,(H,28,30)/t21-,22-,23-,24-,25-/m0/s1. The number of hydrogen-bond acceptors (Lipinski definition) is 5. The first kappa shape index (κ1) is 24.6. The topological polar surface area (TPSA) is 84.6 Å². The van der Waals surface area contributed by atoms with E-state index in [1.807, 2.05) is 72.4 Å². The molecule has 2 aromatic carbocycles. The van der Waals surface area contributed by atoms with E-state index in [-0.39, 0.29) is 12.1 Å². The Balaban J connectivity index is 1.61. The lowest BCUT2D eigenvalue weighted by atomic mass is 9.94. The average Bonchev–Trinajstić information content (AvgIpc) is 3.23. The summed E-state index contributed by atoms with van der Waals surface area (Å²) in [6.45, 7) is 4.33. The smallest absolute Gasteiger partial charge is 0.407 e. The largest absolute Gasteiger partial charge is 0.445 e. The summed E-state index contributed by atoms with van der Waals surface area (Å²) in [5.74, 6) is 1.47. The molecule has 1 aliphatic heterocycles. The van der Waals surface area contributed by atoms with E-state index in [1.54, 1.807) is 0 Å². The molecule has 0 spiro atoms. The summed E-state index contributed by atoms with van der Waals surface area (Å²) in [6, 6.07) is 19.2. The third kappa shape index (κ3) is 7.54. The molecule has 0 unspecified atom stereocenters. The minimum Gasteiger partial charge on any atom is -0.445 e. The van der Waals surface area contributed by atoms with E-state index in [4.69, 9.17) is 10.5 Å². The Hall–Kier alpha value is -2.02. The van der Waals surface area contributed by atoms with Gasteiger partial charge in [0.25, 0.3) is 0 Å². The van der Waals surface area contributed by atoms with Gasteiger partial charge in [0.15, 0.2) is 0 Å². The summed E-state index contributed by atoms with van der Waals surface area (Å²) in [5.41, 5.74) is 8.49. The van der Waals surface area contributed by atoms with Gasteiger partial charge in [-0.2, -0.15) is 11.8 Å². The fraction of sp³-hybridized carbons (Fsp3) is 0.500. The normalized spacial score (nSPS) is 21.2. The highest BCUT2D eigenvalue weighted by molar-refractivity contribution is 8.00. The van der Waals surface area contributed by atoms with Gasteiger partial charge in [-0.05, 0) is 48.5 Å². The molecule has 1 heterocycles. The Kier molecular flexibility index (Phi) is 9.45. The van der Waals surface area contributed by atoms with Crippen molar-refractivity contribution in [3.8, 4) is 0 Å². The second kappa shape index (κ2) is 12.3. The molecule has 0 aromatic heterocycles. The molecular weight excluding hydrogens is 420 g/mol. The van der Waals surface area contributed by atoms with Crippen LogP contribution in [0.1, 0.15) is 37.8 Å². The molecule has 174 valence electrons. The summed E-state index contributed by atoms with van der Waals surface area (Å²) in [5, 5.41) is 14.2. The lowest BCUT2D eigenvalue weighted by Crippen LogP contribution is -2.46. The molecule has 0 radical (unpaired) electrons. The molecule has 3 rings (SSSR count). The van der Waals surface area contributed by atoms with Crippen LogP contribution in [0.15, 0.2) is 60.7 Å². The molecule has 5 atom stereocenters. The van der Waals surface area contributed by atoms with Crippen LogP contribution in [0.3, 0.4) is 0 Å². The van der Waals surface area contributed by atoms with Crippen molar-refractivity contribution >= 4 is 17.9 Å². The van der Waals surface area contributed by atoms with Crippen molar-refractivity contribution in [1.29, 1.82) is 0 Å². The molecular formula is C26H36N2O3S. The van der Waals surface area contributed by atoms with E-state index in [2.05, 4.69) is 19.2 Å². The van der Waals surface area contributed by atoms with E-state index < -0.39 is 18.2 Å². The molecule has 0 bridgehead atoms. The first-order valence-corrected chi connectivity index (χ1v) is 12.6. The van der Waals surface area contributed by atoms with Gasteiger partial charge < -0.3 is 20.9 Å². The Labute approximate surface area is 196 Å². The van der Waals surface area contributed by atoms with Crippen molar-refractivity contribution in [1.82, 2.24) is 5.32 Å². The zero-order chi connectivity index (χ0) is 22.9. The number of amides is 1. The van der Waals surface area contributed by atoms with Crippen LogP contribution >= 0.6 is 11.8 Å². The highest BCUT2D eigenvalue weighted by atomic mass is 32.2. The van der Waals surface area contributed by atoms with Gasteiger partial charge in [-0.1, -0.05) is 74.5 Å². The number of carbonyl (C=O) groups excluding carboxylic acids is 1. The first-order chi connectivity index (χ1) is 15.4. The average molecular weight is 457 g/mol. The lowest BCUT2D eigenvalue weighted by molar-refractivity contribution is 0.0818. The van der Waals surface area contributed by atoms with Gasteiger partial charge in [0.1, 0.15) is 6.10 Å². The third-order valence-corrected chi connectivity index (χ3v) is 7.68. The van der Waals surface area contributed by atoms with Crippen LogP contribution in [0.25, 0.3) is 0 Å². The van der Waals surface area contributed by atoms with Crippen LogP contribution in [-0.2, 0) is 17.6 Å². The number of alkyl carbamates (subject to hydrolysis) is 1. The van der Waals surface area contributed by atoms with Crippen molar-refractivity contribution in [3.05, 3.63) is 71.8 Å². The van der Waals surface area contributed by atoms with Gasteiger partial charge in [0.2, 0.25) is 0 Å². The summed E-state index contributed by atoms with van der Waals surface area (Å²) in [4.78, 5) is 12.8. The van der Waals surface area contributed by atoms with E-state index in [0.717, 1.165) is 23.3 Å². The summed E-state index contributed by atoms with van der Waals surface area (Å²) >= 11 is 1.88. The number of aliphatic hydroxyl groups excluding tert-OH is 1. The van der Waals surface area contributed by atoms with Gasteiger partial charge >= 0.3 is 6.09 Å². The maximum absolute atomic E-state index is 12.8. The monoisotopic (exact) mass is 456 g/mol. The number of thioether (sulfide) groups is 1. The van der Waals surface area contributed by atoms with Crippen molar-refractivity contribution < 1.29 is 14.6 Å². The fourth-order valence-corrected chi connectivity index (χ4v) is 5.69. The van der Waals surface area contributed by atoms with E-state index in [1.165, 1.54) is 0 Å². The number of nitrogens with two attached hydrogens (primary N) is 1. The Morgan fingerprint density at radius 2 is 1.69 bits per heavy atom. The van der Waals surface area contributed by atoms with Crippen molar-refractivity contribution in [2.75, 3.05) is 5.75 Å². The number of hydrogen-bond donors (Lipinski definition) is 3. The van der Waals surface area contributed by atoms with E-state index in [0.29, 0.717) is 30.4 Å². The maximum Gasteiger partial charge on any atom is 0.407 e. The highest BCUT2D eigenvalue weighted by Gasteiger charge is 2.34. The molecule has 2 aromatic rings. The fourth-order valence-electron chi connectivity index (χ4n) is 4.26. The van der Waals surface area contributed by atoms with E-state index in [9.17, 15) is 9.90 Å². The molecule has 0 aliphatic carbocycles. The van der Waals surface area contributed by atoms with Crippen LogP contribution in [0.5, 0.6) is 0 Å². The van der Waals surface area contributed by atoms with Gasteiger partial charge in [-0.25, -0.2) is 4.79 Å². The number of benzene rings is 2. The van der Waals surface area contributed by atoms with Crippen molar-refractivity contribution in [2.45, 2.75) is 69.1 Å². The molecule has 4 N–H and O–H groups in total. The predicted octanol–water partition coefficient (Wildman–Crippen LogP) is 4.18. The number of carbonyl (C=O) groups is 1. The SMILES string of the molecule is CC(C)[C@@H]1SCC[C@@H]1OC(=O)N[C@@H](Cc1ccccc1)C[C@H](O)[C@@H](N)Cc1ccccc1. The number of aliphatic hydroxyl groups is 1. The minimum absolute atomic E-state index is 0.0670. The zero-order valence-corrected chi connectivity index (χ0v) is 19.8. The third-order valence-electron chi connectivity index (χ3n) is 5.98. The molecule has 6 heteroatoms. The Bertz CT molecular complexity index is 818. The number of rotatable bonds is 10. The van der Waals surface area contributed by atoms with Gasteiger partial charge in [0, 0.05) is 17.3 Å². The minimum atomic E-state index is -0.741. The Morgan fingerprint density at radius 3 is 2.28 bits per heavy atom. The predicted molar refractivity (Wildman–Crippen MR) is 132 cm³/mol. The molecule has 0 saturated carbocycles. The molecule has 5 nitrogen and oxygen atoms in total. The van der Waals surface area contributed by atoms with Crippen LogP contribution in [0, 0.1) is 5.92 Å². The molecule has 1 fully saturated rings. The van der Waals surface area contributed by atoms with Crippen LogP contribution in [-0.4, -0.2) is 46.5 Å². The zero-order valence-electron chi connectivity index (χ0n) is 19.0. The van der Waals surface area contributed by atoms with Crippen LogP contribution < -0.4 is 11.1 Å². The second-order valence-corrected chi connectivity index (χ2v) is 10.3. The molecule has 1 amide bonds. The van der Waals surface area contributed by atoms with Crippen LogP contribution in [0.4, 0.5) is 4.79 Å².